The van der Waals surface area contributed by atoms with E-state index in [-0.39, 0.29) is 0 Å². The van der Waals surface area contributed by atoms with Crippen molar-refractivity contribution in [1.29, 1.82) is 0 Å². The summed E-state index contributed by atoms with van der Waals surface area (Å²) >= 11 is 6.19. The molecule has 100 valence electrons. The summed E-state index contributed by atoms with van der Waals surface area (Å²) in [7, 11) is 1.66. The third kappa shape index (κ3) is 3.39. The van der Waals surface area contributed by atoms with E-state index in [1.54, 1.807) is 7.11 Å². The number of halogens is 1. The van der Waals surface area contributed by atoms with Crippen LogP contribution in [0.5, 0.6) is 5.75 Å². The predicted molar refractivity (Wildman–Crippen MR) is 76.7 cm³/mol. The molecule has 0 aliphatic carbocycles. The van der Waals surface area contributed by atoms with Crippen LogP contribution in [0.2, 0.25) is 5.02 Å². The Kier molecular flexibility index (Phi) is 4.90. The molecule has 0 bridgehead atoms. The molecule has 1 aliphatic heterocycles. The minimum Gasteiger partial charge on any atom is -0.495 e. The largest absolute Gasteiger partial charge is 0.495 e. The average molecular weight is 268 g/mol. The highest BCUT2D eigenvalue weighted by atomic mass is 35.5. The van der Waals surface area contributed by atoms with Crippen LogP contribution in [0.4, 0.5) is 0 Å². The topological polar surface area (TPSA) is 21.3 Å². The maximum Gasteiger partial charge on any atom is 0.137 e. The molecule has 2 rings (SSSR count). The van der Waals surface area contributed by atoms with Gasteiger partial charge in [0.2, 0.25) is 0 Å². The number of nitrogens with one attached hydrogen (secondary N) is 1. The molecule has 0 atom stereocenters. The molecule has 0 amide bonds. The molecule has 0 aromatic heterocycles. The Balaban J connectivity index is 1.98. The quantitative estimate of drug-likeness (QED) is 0.900. The van der Waals surface area contributed by atoms with Crippen molar-refractivity contribution >= 4 is 11.6 Å². The maximum atomic E-state index is 6.19. The van der Waals surface area contributed by atoms with Gasteiger partial charge < -0.3 is 10.1 Å². The molecule has 1 heterocycles. The number of methoxy groups -OCH3 is 1. The molecule has 0 radical (unpaired) electrons. The lowest BCUT2D eigenvalue weighted by atomic mass is 9.90. The summed E-state index contributed by atoms with van der Waals surface area (Å²) in [6.45, 7) is 4.48. The van der Waals surface area contributed by atoms with Crippen LogP contribution in [-0.2, 0) is 6.42 Å². The van der Waals surface area contributed by atoms with Gasteiger partial charge >= 0.3 is 0 Å². The number of aryl methyl sites for hydroxylation is 2. The lowest BCUT2D eigenvalue weighted by Crippen LogP contribution is -2.27. The van der Waals surface area contributed by atoms with Crippen LogP contribution in [-0.4, -0.2) is 20.2 Å². The van der Waals surface area contributed by atoms with Crippen molar-refractivity contribution in [2.24, 2.45) is 5.92 Å². The number of hydrogen-bond donors (Lipinski definition) is 1. The van der Waals surface area contributed by atoms with E-state index in [4.69, 9.17) is 16.3 Å². The monoisotopic (exact) mass is 267 g/mol. The van der Waals surface area contributed by atoms with Crippen molar-refractivity contribution in [1.82, 2.24) is 5.32 Å². The first-order valence-corrected chi connectivity index (χ1v) is 7.12. The van der Waals surface area contributed by atoms with Gasteiger partial charge in [0, 0.05) is 0 Å². The van der Waals surface area contributed by atoms with Gasteiger partial charge in [-0.05, 0) is 74.9 Å². The molecule has 0 unspecified atom stereocenters. The second kappa shape index (κ2) is 6.44. The van der Waals surface area contributed by atoms with Gasteiger partial charge in [0.1, 0.15) is 5.75 Å². The summed E-state index contributed by atoms with van der Waals surface area (Å²) in [6, 6.07) is 4.11. The minimum absolute atomic E-state index is 0.725. The van der Waals surface area contributed by atoms with Crippen LogP contribution in [0, 0.1) is 12.8 Å². The molecule has 1 aliphatic rings. The number of rotatable bonds is 4. The van der Waals surface area contributed by atoms with Crippen molar-refractivity contribution in [3.05, 3.63) is 28.3 Å². The molecule has 1 N–H and O–H groups in total. The van der Waals surface area contributed by atoms with E-state index < -0.39 is 0 Å². The SMILES string of the molecule is COc1cc(C)c(CCC2CCNCC2)cc1Cl. The van der Waals surface area contributed by atoms with E-state index in [2.05, 4.69) is 18.3 Å². The number of ether oxygens (including phenoxy) is 1. The van der Waals surface area contributed by atoms with Gasteiger partial charge in [-0.2, -0.15) is 0 Å². The first-order chi connectivity index (χ1) is 8.70. The Morgan fingerprint density at radius 1 is 1.33 bits per heavy atom. The Morgan fingerprint density at radius 2 is 2.06 bits per heavy atom. The highest BCUT2D eigenvalue weighted by Crippen LogP contribution is 2.29. The Morgan fingerprint density at radius 3 is 2.72 bits per heavy atom. The minimum atomic E-state index is 0.725. The average Bonchev–Trinajstić information content (AvgIpc) is 2.40. The van der Waals surface area contributed by atoms with Crippen molar-refractivity contribution in [3.63, 3.8) is 0 Å². The molecule has 1 fully saturated rings. The Hall–Kier alpha value is -0.730. The van der Waals surface area contributed by atoms with Crippen LogP contribution >= 0.6 is 11.6 Å². The number of hydrogen-bond acceptors (Lipinski definition) is 2. The lowest BCUT2D eigenvalue weighted by Gasteiger charge is -2.22. The summed E-state index contributed by atoms with van der Waals surface area (Å²) < 4.78 is 5.24. The van der Waals surface area contributed by atoms with Crippen LogP contribution in [0.25, 0.3) is 0 Å². The van der Waals surface area contributed by atoms with Crippen LogP contribution in [0.15, 0.2) is 12.1 Å². The summed E-state index contributed by atoms with van der Waals surface area (Å²) in [5.41, 5.74) is 2.64. The van der Waals surface area contributed by atoms with Crippen LogP contribution < -0.4 is 10.1 Å². The van der Waals surface area contributed by atoms with E-state index in [9.17, 15) is 0 Å². The van der Waals surface area contributed by atoms with Crippen LogP contribution in [0.1, 0.15) is 30.4 Å². The Bertz CT molecular complexity index is 400. The number of piperidine rings is 1. The van der Waals surface area contributed by atoms with Crippen molar-refractivity contribution in [3.8, 4) is 5.75 Å². The van der Waals surface area contributed by atoms with E-state index >= 15 is 0 Å². The first kappa shape index (κ1) is 13.7. The summed E-state index contributed by atoms with van der Waals surface area (Å²) in [5.74, 6) is 1.64. The highest BCUT2D eigenvalue weighted by Gasteiger charge is 2.14. The lowest BCUT2D eigenvalue weighted by molar-refractivity contribution is 0.354. The molecule has 0 spiro atoms. The molecular weight excluding hydrogens is 246 g/mol. The van der Waals surface area contributed by atoms with Crippen LogP contribution in [0.3, 0.4) is 0 Å². The fourth-order valence-electron chi connectivity index (χ4n) is 2.65. The first-order valence-electron chi connectivity index (χ1n) is 6.74. The van der Waals surface area contributed by atoms with Crippen molar-refractivity contribution < 1.29 is 4.74 Å². The van der Waals surface area contributed by atoms with Gasteiger partial charge in [0.05, 0.1) is 12.1 Å². The molecule has 2 nitrogen and oxygen atoms in total. The standard InChI is InChI=1S/C15H22ClNO/c1-11-9-15(18-2)14(16)10-13(11)4-3-12-5-7-17-8-6-12/h9-10,12,17H,3-8H2,1-2H3. The third-order valence-electron chi connectivity index (χ3n) is 3.89. The van der Waals surface area contributed by atoms with Gasteiger partial charge in [-0.25, -0.2) is 0 Å². The molecule has 1 saturated heterocycles. The van der Waals surface area contributed by atoms with Gasteiger partial charge in [0.15, 0.2) is 0 Å². The summed E-state index contributed by atoms with van der Waals surface area (Å²) in [5, 5.41) is 4.14. The van der Waals surface area contributed by atoms with E-state index in [1.807, 2.05) is 6.07 Å². The smallest absolute Gasteiger partial charge is 0.137 e. The van der Waals surface area contributed by atoms with Gasteiger partial charge in [-0.15, -0.1) is 0 Å². The van der Waals surface area contributed by atoms with E-state index in [0.29, 0.717) is 0 Å². The second-order valence-corrected chi connectivity index (χ2v) is 5.55. The van der Waals surface area contributed by atoms with E-state index in [1.165, 1.54) is 43.5 Å². The highest BCUT2D eigenvalue weighted by molar-refractivity contribution is 6.32. The van der Waals surface area contributed by atoms with Crippen molar-refractivity contribution in [2.45, 2.75) is 32.6 Å². The molecular formula is C15H22ClNO. The predicted octanol–water partition coefficient (Wildman–Crippen LogP) is 3.59. The summed E-state index contributed by atoms with van der Waals surface area (Å²) in [4.78, 5) is 0. The fraction of sp³-hybridized carbons (Fsp3) is 0.600. The fourth-order valence-corrected chi connectivity index (χ4v) is 2.92. The zero-order valence-corrected chi connectivity index (χ0v) is 12.0. The maximum absolute atomic E-state index is 6.19. The normalized spacial score (nSPS) is 16.8. The molecule has 0 saturated carbocycles. The Labute approximate surface area is 115 Å². The number of benzene rings is 1. The van der Waals surface area contributed by atoms with Gasteiger partial charge in [-0.1, -0.05) is 11.6 Å². The van der Waals surface area contributed by atoms with E-state index in [0.717, 1.165) is 23.1 Å². The zero-order chi connectivity index (χ0) is 13.0. The van der Waals surface area contributed by atoms with Crippen molar-refractivity contribution in [2.75, 3.05) is 20.2 Å². The second-order valence-electron chi connectivity index (χ2n) is 5.15. The van der Waals surface area contributed by atoms with Gasteiger partial charge in [-0.3, -0.25) is 0 Å². The molecule has 1 aromatic rings. The van der Waals surface area contributed by atoms with Gasteiger partial charge in [0.25, 0.3) is 0 Å². The molecule has 18 heavy (non-hydrogen) atoms. The summed E-state index contributed by atoms with van der Waals surface area (Å²) in [6.07, 6.45) is 5.01. The zero-order valence-electron chi connectivity index (χ0n) is 11.3. The molecule has 1 aromatic carbocycles. The molecule has 3 heteroatoms. The third-order valence-corrected chi connectivity index (χ3v) is 4.19.